The molecule has 2 rings (SSSR count). The van der Waals surface area contributed by atoms with Gasteiger partial charge in [0.1, 0.15) is 0 Å². The third kappa shape index (κ3) is 1.18. The largest absolute Gasteiger partial charge is 0.462 e. The minimum atomic E-state index is 0.650. The van der Waals surface area contributed by atoms with Crippen LogP contribution in [0.25, 0.3) is 11.0 Å². The van der Waals surface area contributed by atoms with Gasteiger partial charge < -0.3 is 9.32 Å². The fourth-order valence-corrected chi connectivity index (χ4v) is 1.59. The van der Waals surface area contributed by atoms with Crippen molar-refractivity contribution >= 4 is 22.9 Å². The summed E-state index contributed by atoms with van der Waals surface area (Å²) in [6, 6.07) is 5.58. The second-order valence-corrected chi connectivity index (χ2v) is 3.35. The van der Waals surface area contributed by atoms with Crippen molar-refractivity contribution in [1.29, 1.82) is 0 Å². The quantitative estimate of drug-likeness (QED) is 0.680. The van der Waals surface area contributed by atoms with Crippen LogP contribution in [-0.4, -0.2) is 20.4 Å². The first kappa shape index (κ1) is 8.81. The van der Waals surface area contributed by atoms with Gasteiger partial charge in [0.15, 0.2) is 11.9 Å². The number of furan rings is 1. The van der Waals surface area contributed by atoms with Crippen molar-refractivity contribution in [2.24, 2.45) is 0 Å². The average Bonchev–Trinajstić information content (AvgIpc) is 2.62. The molecule has 0 saturated heterocycles. The molecule has 0 bridgehead atoms. The van der Waals surface area contributed by atoms with Crippen LogP contribution in [0.5, 0.6) is 0 Å². The van der Waals surface area contributed by atoms with E-state index in [1.807, 2.05) is 31.1 Å². The molecule has 2 aromatic rings. The van der Waals surface area contributed by atoms with Crippen molar-refractivity contribution in [1.82, 2.24) is 0 Å². The van der Waals surface area contributed by atoms with Gasteiger partial charge in [-0.3, -0.25) is 4.79 Å². The molecule has 0 N–H and O–H groups in total. The van der Waals surface area contributed by atoms with Gasteiger partial charge in [0.05, 0.1) is 12.0 Å². The molecule has 1 aromatic heterocycles. The highest BCUT2D eigenvalue weighted by Gasteiger charge is 2.11. The molecule has 0 aliphatic heterocycles. The van der Waals surface area contributed by atoms with Crippen LogP contribution in [0.1, 0.15) is 10.4 Å². The molecule has 0 amide bonds. The van der Waals surface area contributed by atoms with E-state index in [4.69, 9.17) is 4.42 Å². The molecule has 0 spiro atoms. The zero-order valence-electron chi connectivity index (χ0n) is 8.15. The van der Waals surface area contributed by atoms with E-state index in [-0.39, 0.29) is 0 Å². The van der Waals surface area contributed by atoms with Crippen LogP contribution in [0, 0.1) is 0 Å². The third-order valence-electron chi connectivity index (χ3n) is 2.20. The summed E-state index contributed by atoms with van der Waals surface area (Å²) in [4.78, 5) is 12.7. The number of rotatable bonds is 2. The summed E-state index contributed by atoms with van der Waals surface area (Å²) >= 11 is 0. The van der Waals surface area contributed by atoms with Crippen molar-refractivity contribution < 1.29 is 9.21 Å². The highest BCUT2D eigenvalue weighted by Crippen LogP contribution is 2.29. The van der Waals surface area contributed by atoms with Gasteiger partial charge in [-0.25, -0.2) is 0 Å². The van der Waals surface area contributed by atoms with Gasteiger partial charge >= 0.3 is 0 Å². The Morgan fingerprint density at radius 1 is 1.29 bits per heavy atom. The van der Waals surface area contributed by atoms with Crippen molar-refractivity contribution in [2.45, 2.75) is 0 Å². The molecule has 0 aliphatic carbocycles. The number of carbonyl (C=O) groups is 1. The van der Waals surface area contributed by atoms with Crippen LogP contribution in [0.2, 0.25) is 0 Å². The van der Waals surface area contributed by atoms with E-state index in [1.54, 1.807) is 12.3 Å². The fourth-order valence-electron chi connectivity index (χ4n) is 1.59. The van der Waals surface area contributed by atoms with E-state index < -0.39 is 0 Å². The monoisotopic (exact) mass is 189 g/mol. The van der Waals surface area contributed by atoms with Gasteiger partial charge in [-0.2, -0.15) is 0 Å². The van der Waals surface area contributed by atoms with Gasteiger partial charge in [0, 0.05) is 25.0 Å². The summed E-state index contributed by atoms with van der Waals surface area (Å²) in [5.74, 6) is 0. The molecular formula is C11H11NO2. The summed E-state index contributed by atoms with van der Waals surface area (Å²) in [6.07, 6.45) is 2.48. The lowest BCUT2D eigenvalue weighted by atomic mass is 10.1. The Morgan fingerprint density at radius 2 is 2.07 bits per heavy atom. The Balaban J connectivity index is 2.81. The molecule has 1 heterocycles. The van der Waals surface area contributed by atoms with Crippen LogP contribution in [0.3, 0.4) is 0 Å². The predicted octanol–water partition coefficient (Wildman–Crippen LogP) is 2.31. The van der Waals surface area contributed by atoms with E-state index >= 15 is 0 Å². The Hall–Kier alpha value is -1.77. The maximum atomic E-state index is 10.8. The lowest BCUT2D eigenvalue weighted by Gasteiger charge is -2.14. The zero-order chi connectivity index (χ0) is 10.1. The van der Waals surface area contributed by atoms with Crippen molar-refractivity contribution in [3.05, 3.63) is 30.0 Å². The number of aldehydes is 1. The first-order valence-electron chi connectivity index (χ1n) is 4.36. The van der Waals surface area contributed by atoms with E-state index in [2.05, 4.69) is 0 Å². The minimum Gasteiger partial charge on any atom is -0.462 e. The number of carbonyl (C=O) groups excluding carboxylic acids is 1. The van der Waals surface area contributed by atoms with E-state index in [1.165, 1.54) is 0 Å². The number of nitrogens with zero attached hydrogens (tertiary/aromatic N) is 1. The number of fused-ring (bicyclic) bond motifs is 1. The molecule has 0 atom stereocenters. The van der Waals surface area contributed by atoms with Crippen molar-refractivity contribution in [3.8, 4) is 0 Å². The number of hydrogen-bond acceptors (Lipinski definition) is 3. The summed E-state index contributed by atoms with van der Waals surface area (Å²) in [7, 11) is 3.79. The number of hydrogen-bond donors (Lipinski definition) is 0. The van der Waals surface area contributed by atoms with E-state index in [9.17, 15) is 4.79 Å². The highest BCUT2D eigenvalue weighted by molar-refractivity contribution is 5.99. The van der Waals surface area contributed by atoms with Crippen molar-refractivity contribution in [2.75, 3.05) is 19.0 Å². The number of anilines is 1. The topological polar surface area (TPSA) is 33.5 Å². The average molecular weight is 189 g/mol. The van der Waals surface area contributed by atoms with Crippen LogP contribution < -0.4 is 4.90 Å². The molecule has 1 aromatic carbocycles. The summed E-state index contributed by atoms with van der Waals surface area (Å²) < 4.78 is 5.35. The van der Waals surface area contributed by atoms with Gasteiger partial charge in [0.2, 0.25) is 0 Å². The molecule has 3 heteroatoms. The maximum Gasteiger partial charge on any atom is 0.157 e. The van der Waals surface area contributed by atoms with E-state index in [0.29, 0.717) is 5.56 Å². The fraction of sp³-hybridized carbons (Fsp3) is 0.182. The molecule has 0 saturated carbocycles. The van der Waals surface area contributed by atoms with Crippen LogP contribution in [-0.2, 0) is 0 Å². The van der Waals surface area contributed by atoms with E-state index in [0.717, 1.165) is 22.9 Å². The van der Waals surface area contributed by atoms with Gasteiger partial charge in [-0.1, -0.05) is 6.07 Å². The van der Waals surface area contributed by atoms with Crippen LogP contribution >= 0.6 is 0 Å². The van der Waals surface area contributed by atoms with Gasteiger partial charge in [-0.05, 0) is 12.1 Å². The summed E-state index contributed by atoms with van der Waals surface area (Å²) in [6.45, 7) is 0. The molecule has 72 valence electrons. The number of benzene rings is 1. The van der Waals surface area contributed by atoms with Crippen molar-refractivity contribution in [3.63, 3.8) is 0 Å². The van der Waals surface area contributed by atoms with Crippen LogP contribution in [0.15, 0.2) is 28.9 Å². The first-order valence-corrected chi connectivity index (χ1v) is 4.36. The first-order chi connectivity index (χ1) is 6.74. The maximum absolute atomic E-state index is 10.8. The summed E-state index contributed by atoms with van der Waals surface area (Å²) in [5.41, 5.74) is 2.25. The molecule has 3 nitrogen and oxygen atoms in total. The SMILES string of the molecule is CN(C)c1c(C=O)ccc2ccoc12. The predicted molar refractivity (Wildman–Crippen MR) is 55.9 cm³/mol. The second kappa shape index (κ2) is 3.18. The lowest BCUT2D eigenvalue weighted by Crippen LogP contribution is -2.11. The summed E-state index contributed by atoms with van der Waals surface area (Å²) in [5, 5.41) is 1.01. The molecular weight excluding hydrogens is 178 g/mol. The molecule has 0 radical (unpaired) electrons. The Kier molecular flexibility index (Phi) is 2.00. The van der Waals surface area contributed by atoms with Gasteiger partial charge in [0.25, 0.3) is 0 Å². The molecule has 0 unspecified atom stereocenters. The highest BCUT2D eigenvalue weighted by atomic mass is 16.3. The lowest BCUT2D eigenvalue weighted by molar-refractivity contribution is 0.112. The van der Waals surface area contributed by atoms with Gasteiger partial charge in [-0.15, -0.1) is 0 Å². The smallest absolute Gasteiger partial charge is 0.157 e. The minimum absolute atomic E-state index is 0.650. The molecule has 0 aliphatic rings. The molecule has 14 heavy (non-hydrogen) atoms. The van der Waals surface area contributed by atoms with Crippen LogP contribution in [0.4, 0.5) is 5.69 Å². The Morgan fingerprint density at radius 3 is 2.71 bits per heavy atom. The molecule has 0 fully saturated rings. The standard InChI is InChI=1S/C11H11NO2/c1-12(2)10-9(7-13)4-3-8-5-6-14-11(8)10/h3-7H,1-2H3. The normalized spacial score (nSPS) is 10.4. The Labute approximate surface area is 81.9 Å². The Bertz CT molecular complexity index is 471. The third-order valence-corrected chi connectivity index (χ3v) is 2.20. The second-order valence-electron chi connectivity index (χ2n) is 3.35. The zero-order valence-corrected chi connectivity index (χ0v) is 8.15.